The Morgan fingerprint density at radius 2 is 1.97 bits per heavy atom. The fourth-order valence-corrected chi connectivity index (χ4v) is 3.47. The molecule has 4 aromatic rings. The van der Waals surface area contributed by atoms with Gasteiger partial charge in [-0.15, -0.1) is 0 Å². The molecule has 9 heteroatoms. The number of anilines is 2. The lowest BCUT2D eigenvalue weighted by Crippen LogP contribution is -2.10. The maximum absolute atomic E-state index is 11.8. The van der Waals surface area contributed by atoms with Crippen LogP contribution in [-0.4, -0.2) is 15.0 Å². The van der Waals surface area contributed by atoms with Gasteiger partial charge >= 0.3 is 0 Å². The number of aromatic amines is 1. The van der Waals surface area contributed by atoms with Crippen LogP contribution in [-0.2, 0) is 0 Å². The Morgan fingerprint density at radius 1 is 1.17 bits per heavy atom. The van der Waals surface area contributed by atoms with Crippen LogP contribution < -0.4 is 22.6 Å². The third kappa shape index (κ3) is 3.22. The van der Waals surface area contributed by atoms with E-state index in [0.29, 0.717) is 55.6 Å². The number of rotatable bonds is 3. The summed E-state index contributed by atoms with van der Waals surface area (Å²) in [6.07, 6.45) is 0. The number of hydrogen-bond donors (Lipinski definition) is 4. The van der Waals surface area contributed by atoms with Crippen molar-refractivity contribution >= 4 is 34.1 Å². The first-order valence-corrected chi connectivity index (χ1v) is 9.28. The smallest absolute Gasteiger partial charge is 0.249 e. The van der Waals surface area contributed by atoms with Gasteiger partial charge in [0.25, 0.3) is 0 Å². The molecule has 2 heterocycles. The number of H-pyrrole nitrogens is 1. The summed E-state index contributed by atoms with van der Waals surface area (Å²) < 4.78 is 0. The van der Waals surface area contributed by atoms with E-state index < -0.39 is 0 Å². The molecule has 0 aliphatic rings. The monoisotopic (exact) mass is 417 g/mol. The first-order valence-electron chi connectivity index (χ1n) is 8.90. The fraction of sp³-hybridized carbons (Fsp3) is 0.0476. The van der Waals surface area contributed by atoms with Crippen molar-refractivity contribution in [2.45, 2.75) is 6.92 Å². The summed E-state index contributed by atoms with van der Waals surface area (Å²) in [5.74, 6) is 5.58. The molecule has 0 saturated carbocycles. The number of nitriles is 1. The molecular formula is C21H16ClN7O. The van der Waals surface area contributed by atoms with Gasteiger partial charge in [-0.3, -0.25) is 10.6 Å². The fourth-order valence-electron chi connectivity index (χ4n) is 3.25. The summed E-state index contributed by atoms with van der Waals surface area (Å²) >= 11 is 6.30. The predicted molar refractivity (Wildman–Crippen MR) is 118 cm³/mol. The molecule has 0 saturated heterocycles. The van der Waals surface area contributed by atoms with Crippen molar-refractivity contribution in [1.82, 2.24) is 15.0 Å². The first-order chi connectivity index (χ1) is 14.4. The van der Waals surface area contributed by atoms with Crippen LogP contribution in [0, 0.1) is 18.3 Å². The molecular weight excluding hydrogens is 402 g/mol. The van der Waals surface area contributed by atoms with E-state index in [1.54, 1.807) is 30.3 Å². The summed E-state index contributed by atoms with van der Waals surface area (Å²) in [6.45, 7) is 1.83. The number of nitrogens with two attached hydrogens (primary N) is 2. The molecule has 30 heavy (non-hydrogen) atoms. The van der Waals surface area contributed by atoms with Gasteiger partial charge in [0.2, 0.25) is 5.56 Å². The lowest BCUT2D eigenvalue weighted by Gasteiger charge is -2.15. The van der Waals surface area contributed by atoms with Crippen molar-refractivity contribution in [2.75, 3.05) is 11.2 Å². The standard InChI is InChI=1S/C21H16ClN7O/c1-10-11(9-23)3-2-4-13(10)20-19(12-7-14(22)18(24)16(8-12)29-25)26-15-5-6-17(30)27-21(15)28-20/h2-8,29H,24-25H2,1H3,(H,27,28,30). The summed E-state index contributed by atoms with van der Waals surface area (Å²) in [7, 11) is 0. The zero-order valence-corrected chi connectivity index (χ0v) is 16.6. The Balaban J connectivity index is 2.11. The number of halogens is 1. The number of nitrogens with one attached hydrogen (secondary N) is 2. The molecule has 2 aromatic carbocycles. The number of pyridine rings is 1. The lowest BCUT2D eigenvalue weighted by atomic mass is 9.96. The molecule has 0 fully saturated rings. The van der Waals surface area contributed by atoms with Crippen LogP contribution in [0.4, 0.5) is 11.4 Å². The van der Waals surface area contributed by atoms with Crippen LogP contribution >= 0.6 is 11.6 Å². The zero-order valence-electron chi connectivity index (χ0n) is 15.8. The number of hydrogen-bond acceptors (Lipinski definition) is 7. The van der Waals surface area contributed by atoms with E-state index in [4.69, 9.17) is 28.2 Å². The van der Waals surface area contributed by atoms with Crippen molar-refractivity contribution in [3.63, 3.8) is 0 Å². The minimum absolute atomic E-state index is 0.289. The van der Waals surface area contributed by atoms with Crippen molar-refractivity contribution in [1.29, 1.82) is 5.26 Å². The number of nitrogens with zero attached hydrogens (tertiary/aromatic N) is 3. The third-order valence-electron chi connectivity index (χ3n) is 4.82. The highest BCUT2D eigenvalue weighted by molar-refractivity contribution is 6.34. The van der Waals surface area contributed by atoms with Gasteiger partial charge < -0.3 is 16.1 Å². The largest absolute Gasteiger partial charge is 0.396 e. The minimum Gasteiger partial charge on any atom is -0.396 e. The zero-order chi connectivity index (χ0) is 21.4. The molecule has 6 N–H and O–H groups in total. The van der Waals surface area contributed by atoms with Crippen molar-refractivity contribution in [3.05, 3.63) is 69.0 Å². The molecule has 0 aliphatic heterocycles. The van der Waals surface area contributed by atoms with Gasteiger partial charge in [-0.2, -0.15) is 5.26 Å². The van der Waals surface area contributed by atoms with Crippen LogP contribution in [0.2, 0.25) is 5.02 Å². The van der Waals surface area contributed by atoms with Gasteiger partial charge in [0.1, 0.15) is 5.52 Å². The van der Waals surface area contributed by atoms with Crippen molar-refractivity contribution in [2.24, 2.45) is 5.84 Å². The van der Waals surface area contributed by atoms with E-state index in [-0.39, 0.29) is 5.56 Å². The Kier molecular flexibility index (Phi) is 4.83. The Hall–Kier alpha value is -3.93. The van der Waals surface area contributed by atoms with Crippen LogP contribution in [0.5, 0.6) is 0 Å². The van der Waals surface area contributed by atoms with Gasteiger partial charge in [0, 0.05) is 17.2 Å². The van der Waals surface area contributed by atoms with Gasteiger partial charge in [-0.25, -0.2) is 9.97 Å². The minimum atomic E-state index is -0.289. The average molecular weight is 418 g/mol. The number of fused-ring (bicyclic) bond motifs is 1. The molecule has 148 valence electrons. The van der Waals surface area contributed by atoms with Crippen LogP contribution in [0.25, 0.3) is 33.7 Å². The molecule has 0 bridgehead atoms. The second kappa shape index (κ2) is 7.48. The highest BCUT2D eigenvalue weighted by Crippen LogP contribution is 2.38. The quantitative estimate of drug-likeness (QED) is 0.227. The maximum Gasteiger partial charge on any atom is 0.249 e. The summed E-state index contributed by atoms with van der Waals surface area (Å²) in [5, 5.41) is 9.74. The molecule has 0 atom stereocenters. The molecule has 0 aliphatic carbocycles. The molecule has 4 rings (SSSR count). The van der Waals surface area contributed by atoms with Crippen molar-refractivity contribution in [3.8, 4) is 28.6 Å². The van der Waals surface area contributed by atoms with Gasteiger partial charge in [-0.05, 0) is 36.8 Å². The summed E-state index contributed by atoms with van der Waals surface area (Å²) in [4.78, 5) is 23.9. The average Bonchev–Trinajstić information content (AvgIpc) is 2.75. The van der Waals surface area contributed by atoms with E-state index >= 15 is 0 Å². The van der Waals surface area contributed by atoms with E-state index in [1.807, 2.05) is 13.0 Å². The van der Waals surface area contributed by atoms with E-state index in [2.05, 4.69) is 21.5 Å². The van der Waals surface area contributed by atoms with Gasteiger partial charge in [-0.1, -0.05) is 23.7 Å². The predicted octanol–water partition coefficient (Wildman–Crippen LogP) is 3.35. The number of nitrogen functional groups attached to an aromatic ring is 2. The normalized spacial score (nSPS) is 10.7. The Bertz CT molecular complexity index is 1410. The lowest BCUT2D eigenvalue weighted by molar-refractivity contribution is 1.19. The third-order valence-corrected chi connectivity index (χ3v) is 5.14. The molecule has 0 spiro atoms. The first kappa shape index (κ1) is 19.4. The second-order valence-corrected chi connectivity index (χ2v) is 7.04. The molecule has 8 nitrogen and oxygen atoms in total. The SMILES string of the molecule is Cc1c(C#N)cccc1-c1nc2[nH]c(=O)ccc2nc1-c1cc(Cl)c(N)c(NN)c1. The van der Waals surface area contributed by atoms with Gasteiger partial charge in [0.15, 0.2) is 5.65 Å². The highest BCUT2D eigenvalue weighted by atomic mass is 35.5. The van der Waals surface area contributed by atoms with Crippen LogP contribution in [0.15, 0.2) is 47.3 Å². The molecule has 2 aromatic heterocycles. The Morgan fingerprint density at radius 3 is 2.70 bits per heavy atom. The number of aromatic nitrogens is 3. The molecule has 0 unspecified atom stereocenters. The summed E-state index contributed by atoms with van der Waals surface area (Å²) in [6, 6.07) is 13.9. The molecule has 0 radical (unpaired) electrons. The van der Waals surface area contributed by atoms with E-state index in [1.165, 1.54) is 6.07 Å². The maximum atomic E-state index is 11.8. The van der Waals surface area contributed by atoms with Gasteiger partial charge in [0.05, 0.1) is 39.4 Å². The number of benzene rings is 2. The van der Waals surface area contributed by atoms with Crippen LogP contribution in [0.3, 0.4) is 0 Å². The van der Waals surface area contributed by atoms with E-state index in [9.17, 15) is 10.1 Å². The van der Waals surface area contributed by atoms with Crippen LogP contribution in [0.1, 0.15) is 11.1 Å². The van der Waals surface area contributed by atoms with E-state index in [0.717, 1.165) is 5.56 Å². The second-order valence-electron chi connectivity index (χ2n) is 6.63. The topological polar surface area (TPSA) is 146 Å². The Labute approximate surface area is 176 Å². The highest BCUT2D eigenvalue weighted by Gasteiger charge is 2.18. The summed E-state index contributed by atoms with van der Waals surface area (Å²) in [5.41, 5.74) is 13.4. The number of hydrazine groups is 1. The molecule has 0 amide bonds. The van der Waals surface area contributed by atoms with Crippen molar-refractivity contribution < 1.29 is 0 Å².